The van der Waals surface area contributed by atoms with E-state index in [1.54, 1.807) is 22.7 Å². The van der Waals surface area contributed by atoms with Gasteiger partial charge in [0.15, 0.2) is 5.65 Å². The van der Waals surface area contributed by atoms with Crippen LogP contribution in [0, 0.1) is 10.7 Å². The van der Waals surface area contributed by atoms with Crippen molar-refractivity contribution in [2.45, 2.75) is 76.4 Å². The molecule has 2 aliphatic carbocycles. The van der Waals surface area contributed by atoms with E-state index in [-0.39, 0.29) is 4.90 Å². The monoisotopic (exact) mass is 451 g/mol. The third-order valence-corrected chi connectivity index (χ3v) is 8.93. The van der Waals surface area contributed by atoms with E-state index in [1.807, 2.05) is 18.5 Å². The smallest absolute Gasteiger partial charge is 0.244 e. The Kier molecular flexibility index (Phi) is 6.62. The van der Waals surface area contributed by atoms with Crippen molar-refractivity contribution in [3.63, 3.8) is 0 Å². The Balaban J connectivity index is 1.59. The molecule has 2 aromatic rings. The van der Waals surface area contributed by atoms with Crippen molar-refractivity contribution in [3.8, 4) is 0 Å². The molecule has 0 radical (unpaired) electrons. The molecular weight excluding hydrogens is 418 g/mol. The average Bonchev–Trinajstić information content (AvgIpc) is 3.54. The van der Waals surface area contributed by atoms with E-state index in [1.165, 1.54) is 49.3 Å². The van der Waals surface area contributed by atoms with Crippen LogP contribution < -0.4 is 0 Å². The molecule has 0 amide bonds. The van der Waals surface area contributed by atoms with Crippen LogP contribution in [0.15, 0.2) is 23.2 Å². The molecule has 2 saturated carbocycles. The molecule has 2 aromatic heterocycles. The van der Waals surface area contributed by atoms with Crippen LogP contribution in [0.1, 0.15) is 58.8 Å². The molecule has 0 aliphatic heterocycles. The van der Waals surface area contributed by atoms with Crippen LogP contribution in [-0.2, 0) is 16.7 Å². The van der Waals surface area contributed by atoms with Crippen molar-refractivity contribution in [2.24, 2.45) is 5.92 Å². The van der Waals surface area contributed by atoms with E-state index >= 15 is 0 Å². The molecule has 2 heterocycles. The van der Waals surface area contributed by atoms with Gasteiger partial charge in [-0.05, 0) is 56.0 Å². The zero-order valence-corrected chi connectivity index (χ0v) is 19.7. The number of pyridine rings is 1. The van der Waals surface area contributed by atoms with E-state index in [9.17, 15) is 8.42 Å². The van der Waals surface area contributed by atoms with Gasteiger partial charge in [0.1, 0.15) is 0 Å². The molecule has 0 saturated heterocycles. The first-order valence-corrected chi connectivity index (χ1v) is 13.1. The Hall–Kier alpha value is -1.29. The highest BCUT2D eigenvalue weighted by atomic mass is 32.2. The van der Waals surface area contributed by atoms with Crippen LogP contribution in [0.5, 0.6) is 0 Å². The summed E-state index contributed by atoms with van der Waals surface area (Å²) in [7, 11) is -3.53. The third kappa shape index (κ3) is 4.49. The molecule has 4 rings (SSSR count). The minimum absolute atomic E-state index is 0.260. The second-order valence-corrected chi connectivity index (χ2v) is 10.9. The molecule has 0 bridgehead atoms. The second-order valence-electron chi connectivity index (χ2n) is 8.61. The van der Waals surface area contributed by atoms with Gasteiger partial charge in [-0.2, -0.15) is 9.40 Å². The standard InChI is InChI=1S/C21H33N5O2S2/c1-3-24(4-2)30(27,28)19-12-13-20-22-26(21(29)25(20)15-19)16-23(18-10-11-18)14-17-8-6-5-7-9-17/h12-13,15,17-18H,3-11,14,16H2,1-2H3. The van der Waals surface area contributed by atoms with Crippen LogP contribution >= 0.6 is 12.2 Å². The normalized spacial score (nSPS) is 18.7. The van der Waals surface area contributed by atoms with E-state index in [0.717, 1.165) is 12.5 Å². The summed E-state index contributed by atoms with van der Waals surface area (Å²) in [5, 5.41) is 4.69. The average molecular weight is 452 g/mol. The molecule has 0 N–H and O–H groups in total. The lowest BCUT2D eigenvalue weighted by atomic mass is 9.89. The highest BCUT2D eigenvalue weighted by Crippen LogP contribution is 2.31. The third-order valence-electron chi connectivity index (χ3n) is 6.49. The molecule has 0 spiro atoms. The Morgan fingerprint density at radius 3 is 2.43 bits per heavy atom. The maximum absolute atomic E-state index is 12.9. The topological polar surface area (TPSA) is 62.9 Å². The Bertz CT molecular complexity index is 1030. The molecule has 7 nitrogen and oxygen atoms in total. The number of nitrogens with zero attached hydrogens (tertiary/aromatic N) is 5. The van der Waals surface area contributed by atoms with Gasteiger partial charge < -0.3 is 0 Å². The summed E-state index contributed by atoms with van der Waals surface area (Å²) in [6.07, 6.45) is 10.8. The van der Waals surface area contributed by atoms with Crippen molar-refractivity contribution in [2.75, 3.05) is 19.6 Å². The minimum Gasteiger partial charge on any atom is -0.281 e. The van der Waals surface area contributed by atoms with Crippen LogP contribution in [-0.4, -0.2) is 57.5 Å². The van der Waals surface area contributed by atoms with Gasteiger partial charge in [0.05, 0.1) is 11.6 Å². The first kappa shape index (κ1) is 21.9. The second kappa shape index (κ2) is 9.06. The lowest BCUT2D eigenvalue weighted by Crippen LogP contribution is -2.34. The maximum Gasteiger partial charge on any atom is 0.244 e. The van der Waals surface area contributed by atoms with Gasteiger partial charge in [-0.1, -0.05) is 33.1 Å². The first-order chi connectivity index (χ1) is 14.4. The SMILES string of the molecule is CCN(CC)S(=O)(=O)c1ccc2nn(CN(CC3CCCCC3)C3CC3)c(=S)n2c1. The molecule has 9 heteroatoms. The van der Waals surface area contributed by atoms with Gasteiger partial charge in [-0.25, -0.2) is 13.1 Å². The summed E-state index contributed by atoms with van der Waals surface area (Å²) in [5.41, 5.74) is 0.687. The van der Waals surface area contributed by atoms with Gasteiger partial charge in [0, 0.05) is 31.9 Å². The largest absolute Gasteiger partial charge is 0.281 e. The van der Waals surface area contributed by atoms with Crippen LogP contribution in [0.2, 0.25) is 0 Å². The number of aromatic nitrogens is 3. The van der Waals surface area contributed by atoms with Crippen molar-refractivity contribution >= 4 is 27.9 Å². The molecule has 166 valence electrons. The van der Waals surface area contributed by atoms with E-state index < -0.39 is 10.0 Å². The lowest BCUT2D eigenvalue weighted by Gasteiger charge is -2.29. The zero-order valence-electron chi connectivity index (χ0n) is 18.0. The number of sulfonamides is 1. The summed E-state index contributed by atoms with van der Waals surface area (Å²) in [6.45, 7) is 6.38. The Labute approximate surface area is 184 Å². The predicted octanol–water partition coefficient (Wildman–Crippen LogP) is 3.90. The zero-order chi connectivity index (χ0) is 21.3. The fourth-order valence-electron chi connectivity index (χ4n) is 4.59. The first-order valence-electron chi connectivity index (χ1n) is 11.3. The van der Waals surface area contributed by atoms with Crippen molar-refractivity contribution in [1.29, 1.82) is 0 Å². The highest BCUT2D eigenvalue weighted by molar-refractivity contribution is 7.89. The lowest BCUT2D eigenvalue weighted by molar-refractivity contribution is 0.148. The summed E-state index contributed by atoms with van der Waals surface area (Å²) >= 11 is 5.69. The van der Waals surface area contributed by atoms with Gasteiger partial charge in [-0.3, -0.25) is 9.30 Å². The highest BCUT2D eigenvalue weighted by Gasteiger charge is 2.31. The summed E-state index contributed by atoms with van der Waals surface area (Å²) < 4.78 is 31.4. The van der Waals surface area contributed by atoms with Crippen molar-refractivity contribution in [3.05, 3.63) is 23.1 Å². The quantitative estimate of drug-likeness (QED) is 0.541. The number of rotatable bonds is 9. The number of hydrogen-bond acceptors (Lipinski definition) is 5. The summed E-state index contributed by atoms with van der Waals surface area (Å²) in [5.74, 6) is 0.774. The van der Waals surface area contributed by atoms with E-state index in [4.69, 9.17) is 12.2 Å². The summed E-state index contributed by atoms with van der Waals surface area (Å²) in [4.78, 5) is 2.79. The van der Waals surface area contributed by atoms with Crippen molar-refractivity contribution < 1.29 is 8.42 Å². The number of fused-ring (bicyclic) bond motifs is 1. The molecule has 2 aliphatic rings. The van der Waals surface area contributed by atoms with Gasteiger partial charge in [0.25, 0.3) is 0 Å². The van der Waals surface area contributed by atoms with Crippen molar-refractivity contribution in [1.82, 2.24) is 23.4 Å². The molecule has 30 heavy (non-hydrogen) atoms. The van der Waals surface area contributed by atoms with Crippen LogP contribution in [0.4, 0.5) is 0 Å². The van der Waals surface area contributed by atoms with E-state index in [0.29, 0.717) is 36.2 Å². The Morgan fingerprint density at radius 1 is 1.10 bits per heavy atom. The maximum atomic E-state index is 12.9. The minimum atomic E-state index is -3.53. The fourth-order valence-corrected chi connectivity index (χ4v) is 6.29. The fraction of sp³-hybridized carbons (Fsp3) is 0.714. The number of hydrogen-bond donors (Lipinski definition) is 0. The van der Waals surface area contributed by atoms with Gasteiger partial charge >= 0.3 is 0 Å². The van der Waals surface area contributed by atoms with Gasteiger partial charge in [0.2, 0.25) is 14.8 Å². The molecule has 2 fully saturated rings. The van der Waals surface area contributed by atoms with Crippen LogP contribution in [0.25, 0.3) is 5.65 Å². The molecular formula is C21H33N5O2S2. The molecule has 0 atom stereocenters. The molecule has 0 unspecified atom stereocenters. The predicted molar refractivity (Wildman–Crippen MR) is 120 cm³/mol. The Morgan fingerprint density at radius 2 is 1.80 bits per heavy atom. The molecule has 0 aromatic carbocycles. The van der Waals surface area contributed by atoms with E-state index in [2.05, 4.69) is 10.00 Å². The summed E-state index contributed by atoms with van der Waals surface area (Å²) in [6, 6.07) is 4.03. The van der Waals surface area contributed by atoms with Gasteiger partial charge in [-0.15, -0.1) is 0 Å². The van der Waals surface area contributed by atoms with Crippen LogP contribution in [0.3, 0.4) is 0 Å².